The van der Waals surface area contributed by atoms with Crippen molar-refractivity contribution in [2.45, 2.75) is 38.5 Å². The largest absolute Gasteiger partial charge is 0.329 e. The molecule has 0 atom stereocenters. The second-order valence-corrected chi connectivity index (χ2v) is 5.36. The molecule has 2 N–H and O–H groups in total. The molecule has 0 saturated heterocycles. The third kappa shape index (κ3) is 2.84. The summed E-state index contributed by atoms with van der Waals surface area (Å²) in [6.07, 6.45) is 4.53. The van der Waals surface area contributed by atoms with Gasteiger partial charge in [0.05, 0.1) is 0 Å². The normalized spacial score (nSPS) is 18.3. The van der Waals surface area contributed by atoms with E-state index < -0.39 is 17.0 Å². The minimum absolute atomic E-state index is 0.0563. The second-order valence-electron chi connectivity index (χ2n) is 5.36. The molecule has 4 heteroatoms. The van der Waals surface area contributed by atoms with E-state index in [4.69, 9.17) is 5.73 Å². The number of nitrogens with two attached hydrogens (primary N) is 1. The van der Waals surface area contributed by atoms with Gasteiger partial charge in [0.15, 0.2) is 11.6 Å². The second kappa shape index (κ2) is 5.78. The molecule has 1 aliphatic rings. The van der Waals surface area contributed by atoms with E-state index in [1.54, 1.807) is 0 Å². The van der Waals surface area contributed by atoms with Crippen LogP contribution in [0.5, 0.6) is 0 Å². The van der Waals surface area contributed by atoms with E-state index in [0.29, 0.717) is 6.54 Å². The van der Waals surface area contributed by atoms with Crippen LogP contribution in [-0.4, -0.2) is 12.3 Å². The molecule has 0 amide bonds. The van der Waals surface area contributed by atoms with Crippen LogP contribution < -0.4 is 5.73 Å². The minimum atomic E-state index is -0.918. The number of rotatable bonds is 4. The van der Waals surface area contributed by atoms with Crippen molar-refractivity contribution in [1.29, 1.82) is 0 Å². The van der Waals surface area contributed by atoms with Crippen molar-refractivity contribution in [1.82, 2.24) is 0 Å². The lowest BCUT2D eigenvalue weighted by molar-refractivity contribution is -0.129. The number of Topliss-reactive ketones (excluding diaryl/α,β-unsaturated/α-hetero) is 1. The van der Waals surface area contributed by atoms with E-state index in [2.05, 4.69) is 0 Å². The van der Waals surface area contributed by atoms with Crippen molar-refractivity contribution in [3.05, 3.63) is 35.4 Å². The number of carbonyl (C=O) groups excluding carboxylic acids is 1. The topological polar surface area (TPSA) is 43.1 Å². The summed E-state index contributed by atoms with van der Waals surface area (Å²) in [5.74, 6) is -1.88. The van der Waals surface area contributed by atoms with Gasteiger partial charge < -0.3 is 5.73 Å². The van der Waals surface area contributed by atoms with Gasteiger partial charge in [-0.2, -0.15) is 0 Å². The molecule has 2 rings (SSSR count). The monoisotopic (exact) mass is 267 g/mol. The van der Waals surface area contributed by atoms with Gasteiger partial charge in [-0.05, 0) is 24.5 Å². The number of hydrogen-bond donors (Lipinski definition) is 1. The molecule has 0 unspecified atom stereocenters. The van der Waals surface area contributed by atoms with Gasteiger partial charge in [0.1, 0.15) is 5.78 Å². The molecule has 1 saturated carbocycles. The van der Waals surface area contributed by atoms with E-state index in [1.165, 1.54) is 12.1 Å². The molecule has 2 nitrogen and oxygen atoms in total. The number of hydrogen-bond acceptors (Lipinski definition) is 2. The Morgan fingerprint density at radius 2 is 1.89 bits per heavy atom. The van der Waals surface area contributed by atoms with Crippen LogP contribution in [0.25, 0.3) is 0 Å². The Kier molecular flexibility index (Phi) is 4.30. The predicted molar refractivity (Wildman–Crippen MR) is 69.6 cm³/mol. The van der Waals surface area contributed by atoms with Gasteiger partial charge in [-0.25, -0.2) is 8.78 Å². The highest BCUT2D eigenvalue weighted by atomic mass is 19.2. The summed E-state index contributed by atoms with van der Waals surface area (Å²) in [5, 5.41) is 0. The molecule has 0 spiro atoms. The van der Waals surface area contributed by atoms with Gasteiger partial charge in [0.25, 0.3) is 0 Å². The van der Waals surface area contributed by atoms with Crippen LogP contribution >= 0.6 is 0 Å². The fourth-order valence-corrected chi connectivity index (χ4v) is 2.87. The minimum Gasteiger partial charge on any atom is -0.329 e. The summed E-state index contributed by atoms with van der Waals surface area (Å²) >= 11 is 0. The average molecular weight is 267 g/mol. The Bertz CT molecular complexity index is 467. The van der Waals surface area contributed by atoms with Crippen LogP contribution in [-0.2, 0) is 11.2 Å². The molecule has 0 aromatic heterocycles. The van der Waals surface area contributed by atoms with Crippen molar-refractivity contribution in [2.24, 2.45) is 11.1 Å². The zero-order chi connectivity index (χ0) is 13.9. The van der Waals surface area contributed by atoms with Crippen LogP contribution in [0.2, 0.25) is 0 Å². The van der Waals surface area contributed by atoms with Crippen LogP contribution in [0.4, 0.5) is 8.78 Å². The van der Waals surface area contributed by atoms with Crippen molar-refractivity contribution < 1.29 is 13.6 Å². The quantitative estimate of drug-likeness (QED) is 0.911. The summed E-state index contributed by atoms with van der Waals surface area (Å²) in [4.78, 5) is 12.4. The summed E-state index contributed by atoms with van der Waals surface area (Å²) in [6, 6.07) is 3.95. The van der Waals surface area contributed by atoms with Crippen LogP contribution in [0.15, 0.2) is 18.2 Å². The average Bonchev–Trinajstić information content (AvgIpc) is 2.44. The van der Waals surface area contributed by atoms with Gasteiger partial charge in [-0.15, -0.1) is 0 Å². The lowest BCUT2D eigenvalue weighted by Gasteiger charge is -2.34. The molecule has 1 aromatic carbocycles. The molecule has 19 heavy (non-hydrogen) atoms. The Morgan fingerprint density at radius 3 is 2.53 bits per heavy atom. The Balaban J connectivity index is 2.17. The standard InChI is InChI=1S/C15H19F2NO/c16-12-6-4-5-11(14(12)17)9-13(19)15(10-18)7-2-1-3-8-15/h4-6H,1-3,7-10,18H2. The first-order valence-electron chi connectivity index (χ1n) is 6.75. The van der Waals surface area contributed by atoms with Crippen LogP contribution in [0, 0.1) is 17.0 Å². The Hall–Kier alpha value is -1.29. The van der Waals surface area contributed by atoms with E-state index >= 15 is 0 Å². The molecule has 1 fully saturated rings. The van der Waals surface area contributed by atoms with E-state index in [1.807, 2.05) is 0 Å². The molecule has 0 aliphatic heterocycles. The van der Waals surface area contributed by atoms with E-state index in [-0.39, 0.29) is 17.8 Å². The summed E-state index contributed by atoms with van der Waals surface area (Å²) in [7, 11) is 0. The Labute approximate surface area is 112 Å². The smallest absolute Gasteiger partial charge is 0.162 e. The molecular weight excluding hydrogens is 248 g/mol. The zero-order valence-corrected chi connectivity index (χ0v) is 10.9. The van der Waals surface area contributed by atoms with Gasteiger partial charge >= 0.3 is 0 Å². The molecule has 0 radical (unpaired) electrons. The van der Waals surface area contributed by atoms with Crippen LogP contribution in [0.3, 0.4) is 0 Å². The summed E-state index contributed by atoms with van der Waals surface area (Å²) in [5.41, 5.74) is 5.37. The number of halogens is 2. The molecular formula is C15H19F2NO. The maximum Gasteiger partial charge on any atom is 0.162 e. The van der Waals surface area contributed by atoms with Gasteiger partial charge in [0.2, 0.25) is 0 Å². The fraction of sp³-hybridized carbons (Fsp3) is 0.533. The molecule has 0 bridgehead atoms. The molecule has 0 heterocycles. The van der Waals surface area contributed by atoms with Crippen molar-refractivity contribution in [3.63, 3.8) is 0 Å². The molecule has 104 valence electrons. The first-order chi connectivity index (χ1) is 9.09. The van der Waals surface area contributed by atoms with Gasteiger partial charge in [0, 0.05) is 18.4 Å². The van der Waals surface area contributed by atoms with E-state index in [0.717, 1.165) is 38.2 Å². The SMILES string of the molecule is NCC1(C(=O)Cc2cccc(F)c2F)CCCCC1. The van der Waals surface area contributed by atoms with Crippen molar-refractivity contribution in [3.8, 4) is 0 Å². The predicted octanol–water partition coefficient (Wildman–Crippen LogP) is 2.99. The highest BCUT2D eigenvalue weighted by Crippen LogP contribution is 2.37. The van der Waals surface area contributed by atoms with Crippen LogP contribution in [0.1, 0.15) is 37.7 Å². The van der Waals surface area contributed by atoms with E-state index in [9.17, 15) is 13.6 Å². The third-order valence-electron chi connectivity index (χ3n) is 4.18. The lowest BCUT2D eigenvalue weighted by Crippen LogP contribution is -2.41. The zero-order valence-electron chi connectivity index (χ0n) is 10.9. The fourth-order valence-electron chi connectivity index (χ4n) is 2.87. The highest BCUT2D eigenvalue weighted by molar-refractivity contribution is 5.87. The summed E-state index contributed by atoms with van der Waals surface area (Å²) < 4.78 is 26.7. The van der Waals surface area contributed by atoms with Crippen molar-refractivity contribution >= 4 is 5.78 Å². The van der Waals surface area contributed by atoms with Gasteiger partial charge in [-0.1, -0.05) is 31.4 Å². The number of ketones is 1. The first kappa shape index (κ1) is 14.1. The number of carbonyl (C=O) groups is 1. The molecule has 1 aliphatic carbocycles. The maximum absolute atomic E-state index is 13.6. The lowest BCUT2D eigenvalue weighted by atomic mass is 9.70. The molecule has 1 aromatic rings. The maximum atomic E-state index is 13.6. The van der Waals surface area contributed by atoms with Crippen molar-refractivity contribution in [2.75, 3.05) is 6.54 Å². The van der Waals surface area contributed by atoms with Gasteiger partial charge in [-0.3, -0.25) is 4.79 Å². The third-order valence-corrected chi connectivity index (χ3v) is 4.18. The highest BCUT2D eigenvalue weighted by Gasteiger charge is 2.37. The Morgan fingerprint density at radius 1 is 1.21 bits per heavy atom. The number of benzene rings is 1. The first-order valence-corrected chi connectivity index (χ1v) is 6.75. The summed E-state index contributed by atoms with van der Waals surface area (Å²) in [6.45, 7) is 0.294.